The van der Waals surface area contributed by atoms with Gasteiger partial charge in [-0.2, -0.15) is 0 Å². The summed E-state index contributed by atoms with van der Waals surface area (Å²) in [6.45, 7) is 3.73. The lowest BCUT2D eigenvalue weighted by atomic mass is 9.90. The Labute approximate surface area is 161 Å². The minimum Gasteiger partial charge on any atom is -0.460 e. The molecular formula is C21H19N3O4. The van der Waals surface area contributed by atoms with E-state index >= 15 is 0 Å². The third kappa shape index (κ3) is 3.16. The molecule has 7 heteroatoms. The van der Waals surface area contributed by atoms with Crippen molar-refractivity contribution in [1.82, 2.24) is 10.3 Å². The number of nitro groups is 1. The van der Waals surface area contributed by atoms with Crippen molar-refractivity contribution in [2.75, 3.05) is 6.61 Å². The molecule has 0 saturated carbocycles. The van der Waals surface area contributed by atoms with E-state index in [4.69, 9.17) is 4.74 Å². The number of hydrogen-bond acceptors (Lipinski definition) is 5. The second-order valence-electron chi connectivity index (χ2n) is 6.69. The van der Waals surface area contributed by atoms with Gasteiger partial charge in [-0.15, -0.1) is 0 Å². The van der Waals surface area contributed by atoms with E-state index < -0.39 is 11.0 Å². The van der Waals surface area contributed by atoms with Gasteiger partial charge in [0.15, 0.2) is 0 Å². The summed E-state index contributed by atoms with van der Waals surface area (Å²) < 4.78 is 5.25. The van der Waals surface area contributed by atoms with Crippen LogP contribution in [0.25, 0.3) is 10.9 Å². The largest absolute Gasteiger partial charge is 0.460 e. The number of fused-ring (bicyclic) bond motifs is 3. The van der Waals surface area contributed by atoms with Crippen LogP contribution < -0.4 is 5.32 Å². The summed E-state index contributed by atoms with van der Waals surface area (Å²) in [7, 11) is 0. The summed E-state index contributed by atoms with van der Waals surface area (Å²) in [5, 5.41) is 15.4. The number of rotatable bonds is 5. The number of non-ortho nitro benzene ring substituents is 1. The highest BCUT2D eigenvalue weighted by molar-refractivity contribution is 5.87. The summed E-state index contributed by atoms with van der Waals surface area (Å²) in [6.07, 6.45) is 2.03. The van der Waals surface area contributed by atoms with Crippen LogP contribution in [0, 0.1) is 10.1 Å². The normalized spacial score (nSPS) is 18.4. The van der Waals surface area contributed by atoms with E-state index in [0.29, 0.717) is 6.42 Å². The van der Waals surface area contributed by atoms with Crippen LogP contribution in [-0.4, -0.2) is 28.5 Å². The second kappa shape index (κ2) is 7.28. The fourth-order valence-electron chi connectivity index (χ4n) is 3.68. The molecule has 0 amide bonds. The number of nitrogens with zero attached hydrogens (tertiary/aromatic N) is 1. The van der Waals surface area contributed by atoms with Crippen LogP contribution >= 0.6 is 0 Å². The molecule has 1 unspecified atom stereocenters. The van der Waals surface area contributed by atoms with Gasteiger partial charge < -0.3 is 9.72 Å². The average molecular weight is 377 g/mol. The number of aromatic nitrogens is 1. The monoisotopic (exact) mass is 377 g/mol. The molecular weight excluding hydrogens is 358 g/mol. The van der Waals surface area contributed by atoms with Gasteiger partial charge in [0.05, 0.1) is 11.0 Å². The van der Waals surface area contributed by atoms with Gasteiger partial charge in [-0.05, 0) is 17.2 Å². The quantitative estimate of drug-likeness (QED) is 0.307. The molecule has 0 spiro atoms. The van der Waals surface area contributed by atoms with Gasteiger partial charge in [0.25, 0.3) is 5.69 Å². The van der Waals surface area contributed by atoms with Crippen LogP contribution in [0.5, 0.6) is 0 Å². The fraction of sp³-hybridized carbons (Fsp3) is 0.190. The first-order valence-electron chi connectivity index (χ1n) is 8.96. The van der Waals surface area contributed by atoms with E-state index in [1.165, 1.54) is 18.2 Å². The first-order valence-corrected chi connectivity index (χ1v) is 8.96. The van der Waals surface area contributed by atoms with Gasteiger partial charge in [-0.1, -0.05) is 43.0 Å². The number of hydrogen-bond donors (Lipinski definition) is 2. The Morgan fingerprint density at radius 1 is 1.25 bits per heavy atom. The summed E-state index contributed by atoms with van der Waals surface area (Å²) in [5.41, 5.74) is 3.86. The third-order valence-electron chi connectivity index (χ3n) is 4.98. The molecule has 1 aliphatic rings. The Hall–Kier alpha value is -3.45. The van der Waals surface area contributed by atoms with Crippen molar-refractivity contribution in [3.05, 3.63) is 88.1 Å². The number of benzene rings is 2. The maximum atomic E-state index is 12.5. The first kappa shape index (κ1) is 17.9. The number of aromatic amines is 1. The Morgan fingerprint density at radius 3 is 2.71 bits per heavy atom. The summed E-state index contributed by atoms with van der Waals surface area (Å²) in [5.74, 6) is -0.345. The van der Waals surface area contributed by atoms with Crippen LogP contribution in [0.2, 0.25) is 0 Å². The van der Waals surface area contributed by atoms with E-state index in [9.17, 15) is 14.9 Å². The molecule has 0 fully saturated rings. The minimum atomic E-state index is -0.521. The molecule has 1 aliphatic heterocycles. The van der Waals surface area contributed by atoms with Gasteiger partial charge in [0, 0.05) is 35.2 Å². The molecule has 0 aliphatic carbocycles. The van der Waals surface area contributed by atoms with E-state index in [1.54, 1.807) is 12.1 Å². The Balaban J connectivity index is 1.77. The molecule has 2 heterocycles. The van der Waals surface area contributed by atoms with Crippen LogP contribution in [0.4, 0.5) is 5.69 Å². The number of esters is 1. The second-order valence-corrected chi connectivity index (χ2v) is 6.69. The number of H-pyrrole nitrogens is 1. The lowest BCUT2D eigenvalue weighted by Gasteiger charge is -2.30. The highest BCUT2D eigenvalue weighted by Gasteiger charge is 2.34. The number of nitrogens with one attached hydrogen (secondary N) is 2. The lowest BCUT2D eigenvalue weighted by molar-refractivity contribution is -0.384. The minimum absolute atomic E-state index is 0.0263. The zero-order valence-corrected chi connectivity index (χ0v) is 15.1. The molecule has 2 N–H and O–H groups in total. The van der Waals surface area contributed by atoms with Crippen molar-refractivity contribution in [1.29, 1.82) is 0 Å². The maximum absolute atomic E-state index is 12.5. The molecule has 0 bridgehead atoms. The summed E-state index contributed by atoms with van der Waals surface area (Å²) in [4.78, 5) is 26.5. The molecule has 0 radical (unpaired) electrons. The zero-order valence-electron chi connectivity index (χ0n) is 15.1. The van der Waals surface area contributed by atoms with Gasteiger partial charge in [-0.3, -0.25) is 20.2 Å². The number of para-hydroxylation sites is 1. The highest BCUT2D eigenvalue weighted by atomic mass is 16.6. The van der Waals surface area contributed by atoms with Crippen molar-refractivity contribution >= 4 is 22.6 Å². The van der Waals surface area contributed by atoms with Crippen molar-refractivity contribution in [3.63, 3.8) is 0 Å². The molecule has 28 heavy (non-hydrogen) atoms. The molecule has 3 aromatic rings. The van der Waals surface area contributed by atoms with Crippen LogP contribution in [0.15, 0.2) is 61.2 Å². The summed E-state index contributed by atoms with van der Waals surface area (Å²) in [6, 6.07) is 13.5. The van der Waals surface area contributed by atoms with E-state index in [-0.39, 0.29) is 24.3 Å². The number of nitro benzene ring substituents is 1. The Morgan fingerprint density at radius 2 is 2.00 bits per heavy atom. The fourth-order valence-corrected chi connectivity index (χ4v) is 3.68. The number of carbonyl (C=O) groups is 1. The molecule has 1 aromatic heterocycles. The smallest absolute Gasteiger partial charge is 0.323 e. The van der Waals surface area contributed by atoms with Gasteiger partial charge >= 0.3 is 5.97 Å². The van der Waals surface area contributed by atoms with Gasteiger partial charge in [0.1, 0.15) is 12.6 Å². The van der Waals surface area contributed by atoms with E-state index in [0.717, 1.165) is 27.7 Å². The molecule has 2 atom stereocenters. The van der Waals surface area contributed by atoms with Crippen LogP contribution in [-0.2, 0) is 16.0 Å². The maximum Gasteiger partial charge on any atom is 0.323 e. The predicted octanol–water partition coefficient (Wildman–Crippen LogP) is 3.41. The summed E-state index contributed by atoms with van der Waals surface area (Å²) >= 11 is 0. The average Bonchev–Trinajstić information content (AvgIpc) is 3.10. The SMILES string of the molecule is C=CCOC(=O)[C@@H]1Cc2c([nH]c3ccccc23)C(c2ccc([N+](=O)[O-])cc2)N1. The van der Waals surface area contributed by atoms with Crippen molar-refractivity contribution in [2.24, 2.45) is 0 Å². The third-order valence-corrected chi connectivity index (χ3v) is 4.98. The van der Waals surface area contributed by atoms with E-state index in [1.807, 2.05) is 24.3 Å². The van der Waals surface area contributed by atoms with Gasteiger partial charge in [-0.25, -0.2) is 0 Å². The zero-order chi connectivity index (χ0) is 19.7. The first-order chi connectivity index (χ1) is 13.6. The topological polar surface area (TPSA) is 97.3 Å². The molecule has 4 rings (SSSR count). The van der Waals surface area contributed by atoms with E-state index in [2.05, 4.69) is 16.9 Å². The van der Waals surface area contributed by atoms with Crippen molar-refractivity contribution < 1.29 is 14.5 Å². The van der Waals surface area contributed by atoms with Crippen molar-refractivity contribution in [2.45, 2.75) is 18.5 Å². The predicted molar refractivity (Wildman–Crippen MR) is 105 cm³/mol. The highest BCUT2D eigenvalue weighted by Crippen LogP contribution is 2.35. The Kier molecular flexibility index (Phi) is 4.67. The van der Waals surface area contributed by atoms with Crippen LogP contribution in [0.3, 0.4) is 0 Å². The molecule has 7 nitrogen and oxygen atoms in total. The number of carbonyl (C=O) groups excluding carboxylic acids is 1. The van der Waals surface area contributed by atoms with Crippen molar-refractivity contribution in [3.8, 4) is 0 Å². The molecule has 2 aromatic carbocycles. The molecule has 0 saturated heterocycles. The van der Waals surface area contributed by atoms with Gasteiger partial charge in [0.2, 0.25) is 0 Å². The van der Waals surface area contributed by atoms with Crippen LogP contribution in [0.1, 0.15) is 22.9 Å². The Bertz CT molecular complexity index is 1060. The standard InChI is InChI=1S/C21H19N3O4/c1-2-11-28-21(25)18-12-16-15-5-3-4-6-17(15)22-20(16)19(23-18)13-7-9-14(10-8-13)24(26)27/h2-10,18-19,22-23H,1,11-12H2/t18-,19?/m0/s1. The lowest BCUT2D eigenvalue weighted by Crippen LogP contribution is -2.45. The number of ether oxygens (including phenoxy) is 1. The molecule has 142 valence electrons.